The van der Waals surface area contributed by atoms with E-state index in [4.69, 9.17) is 0 Å². The Bertz CT molecular complexity index is 74.2. The van der Waals surface area contributed by atoms with E-state index in [1.54, 1.807) is 0 Å². The van der Waals surface area contributed by atoms with Crippen molar-refractivity contribution in [1.29, 1.82) is 0 Å². The zero-order chi connectivity index (χ0) is 7.98. The molecule has 0 fully saturated rings. The fourth-order valence-corrected chi connectivity index (χ4v) is 1.02. The Morgan fingerprint density at radius 3 is 2.00 bits per heavy atom. The SMILES string of the molecule is [CH2-]C(C)CCCC(C)CC.[I-].[Mg+2]. The zero-order valence-corrected chi connectivity index (χ0v) is 12.3. The van der Waals surface area contributed by atoms with Gasteiger partial charge in [0.05, 0.1) is 0 Å². The average Bonchev–Trinajstić information content (AvgIpc) is 1.87. The van der Waals surface area contributed by atoms with E-state index < -0.39 is 0 Å². The molecule has 0 aliphatic carbocycles. The molecule has 0 aromatic carbocycles. The normalized spacial score (nSPS) is 14.0. The van der Waals surface area contributed by atoms with Crippen molar-refractivity contribution >= 4 is 23.1 Å². The topological polar surface area (TPSA) is 0 Å². The fraction of sp³-hybridized carbons (Fsp3) is 0.900. The van der Waals surface area contributed by atoms with Gasteiger partial charge in [0, 0.05) is 0 Å². The van der Waals surface area contributed by atoms with Crippen LogP contribution in [0.25, 0.3) is 0 Å². The van der Waals surface area contributed by atoms with Gasteiger partial charge < -0.3 is 30.9 Å². The standard InChI is InChI=1S/C10H21.HI.Mg/c1-5-10(4)8-6-7-9(2)3;;/h9-10H,2,5-8H2,1,3-4H3;1H;/q-1;;+2/p-1. The number of halogens is 1. The molecule has 0 aromatic heterocycles. The van der Waals surface area contributed by atoms with Gasteiger partial charge in [0.25, 0.3) is 0 Å². The molecule has 70 valence electrons. The van der Waals surface area contributed by atoms with Gasteiger partial charge in [-0.15, -0.1) is 0 Å². The van der Waals surface area contributed by atoms with Crippen molar-refractivity contribution in [3.63, 3.8) is 0 Å². The summed E-state index contributed by atoms with van der Waals surface area (Å²) in [6.45, 7) is 10.7. The molecule has 0 spiro atoms. The van der Waals surface area contributed by atoms with Crippen LogP contribution in [0.15, 0.2) is 0 Å². The average molecular weight is 292 g/mol. The van der Waals surface area contributed by atoms with Crippen LogP contribution in [0.2, 0.25) is 0 Å². The summed E-state index contributed by atoms with van der Waals surface area (Å²) < 4.78 is 0. The maximum atomic E-state index is 3.96. The minimum absolute atomic E-state index is 0. The van der Waals surface area contributed by atoms with E-state index in [9.17, 15) is 0 Å². The number of hydrogen-bond acceptors (Lipinski definition) is 0. The third kappa shape index (κ3) is 14.0. The summed E-state index contributed by atoms with van der Waals surface area (Å²) >= 11 is 0. The molecule has 12 heavy (non-hydrogen) atoms. The number of rotatable bonds is 5. The molecular weight excluding hydrogens is 271 g/mol. The zero-order valence-electron chi connectivity index (χ0n) is 8.78. The summed E-state index contributed by atoms with van der Waals surface area (Å²) in [5.74, 6) is 1.56. The maximum Gasteiger partial charge on any atom is 2.00 e. The molecule has 2 atom stereocenters. The molecule has 0 nitrogen and oxygen atoms in total. The summed E-state index contributed by atoms with van der Waals surface area (Å²) in [5, 5.41) is 0. The van der Waals surface area contributed by atoms with Gasteiger partial charge in [0.2, 0.25) is 0 Å². The van der Waals surface area contributed by atoms with Gasteiger partial charge in [-0.2, -0.15) is 5.92 Å². The van der Waals surface area contributed by atoms with Crippen LogP contribution in [0.5, 0.6) is 0 Å². The molecule has 2 unspecified atom stereocenters. The van der Waals surface area contributed by atoms with Crippen molar-refractivity contribution in [3.05, 3.63) is 6.92 Å². The van der Waals surface area contributed by atoms with Gasteiger partial charge in [-0.3, -0.25) is 0 Å². The molecule has 0 saturated carbocycles. The van der Waals surface area contributed by atoms with Gasteiger partial charge in [-0.25, -0.2) is 0 Å². The van der Waals surface area contributed by atoms with Crippen LogP contribution in [-0.4, -0.2) is 23.1 Å². The van der Waals surface area contributed by atoms with E-state index in [2.05, 4.69) is 27.7 Å². The summed E-state index contributed by atoms with van der Waals surface area (Å²) in [6, 6.07) is 0. The summed E-state index contributed by atoms with van der Waals surface area (Å²) in [7, 11) is 0. The largest absolute Gasteiger partial charge is 2.00 e. The van der Waals surface area contributed by atoms with Crippen LogP contribution in [0.4, 0.5) is 0 Å². The van der Waals surface area contributed by atoms with E-state index in [0.29, 0.717) is 5.92 Å². The van der Waals surface area contributed by atoms with Gasteiger partial charge in [0.15, 0.2) is 0 Å². The maximum absolute atomic E-state index is 3.96. The Labute approximate surface area is 111 Å². The molecule has 0 bridgehead atoms. The van der Waals surface area contributed by atoms with Crippen LogP contribution in [0, 0.1) is 18.8 Å². The second kappa shape index (κ2) is 12.5. The van der Waals surface area contributed by atoms with Gasteiger partial charge >= 0.3 is 23.1 Å². The quantitative estimate of drug-likeness (QED) is 0.388. The third-order valence-corrected chi connectivity index (χ3v) is 2.09. The molecule has 0 N–H and O–H groups in total. The Morgan fingerprint density at radius 2 is 1.67 bits per heavy atom. The first-order chi connectivity index (χ1) is 4.66. The molecular formula is C10H21IMg. The van der Waals surface area contributed by atoms with Crippen molar-refractivity contribution in [3.8, 4) is 0 Å². The Morgan fingerprint density at radius 1 is 1.17 bits per heavy atom. The third-order valence-electron chi connectivity index (χ3n) is 2.09. The summed E-state index contributed by atoms with van der Waals surface area (Å²) in [5.41, 5.74) is 0. The molecule has 0 aliphatic heterocycles. The predicted molar refractivity (Wildman–Crippen MR) is 53.6 cm³/mol. The molecule has 2 heteroatoms. The van der Waals surface area contributed by atoms with E-state index >= 15 is 0 Å². The smallest absolute Gasteiger partial charge is 1.00 e. The first-order valence-corrected chi connectivity index (χ1v) is 4.49. The predicted octanol–water partition coefficient (Wildman–Crippen LogP) is 0.296. The van der Waals surface area contributed by atoms with Crippen molar-refractivity contribution in [2.24, 2.45) is 11.8 Å². The van der Waals surface area contributed by atoms with Crippen LogP contribution in [0.3, 0.4) is 0 Å². The molecule has 0 amide bonds. The Hall–Kier alpha value is 1.50. The second-order valence-electron chi connectivity index (χ2n) is 3.55. The molecule has 0 aliphatic rings. The minimum Gasteiger partial charge on any atom is -1.00 e. The van der Waals surface area contributed by atoms with Crippen molar-refractivity contribution in [2.45, 2.75) is 46.5 Å². The van der Waals surface area contributed by atoms with Crippen molar-refractivity contribution < 1.29 is 24.0 Å². The molecule has 0 radical (unpaired) electrons. The summed E-state index contributed by atoms with van der Waals surface area (Å²) in [4.78, 5) is 0. The minimum atomic E-state index is 0. The molecule has 0 heterocycles. The van der Waals surface area contributed by atoms with E-state index in [-0.39, 0.29) is 47.0 Å². The van der Waals surface area contributed by atoms with Crippen molar-refractivity contribution in [1.82, 2.24) is 0 Å². The van der Waals surface area contributed by atoms with Crippen LogP contribution >= 0.6 is 0 Å². The Balaban J connectivity index is -0.000000405. The monoisotopic (exact) mass is 292 g/mol. The van der Waals surface area contributed by atoms with Crippen LogP contribution in [-0.2, 0) is 0 Å². The molecule has 0 aromatic rings. The van der Waals surface area contributed by atoms with Crippen LogP contribution < -0.4 is 24.0 Å². The number of hydrogen-bond donors (Lipinski definition) is 0. The van der Waals surface area contributed by atoms with Crippen LogP contribution in [0.1, 0.15) is 46.5 Å². The summed E-state index contributed by atoms with van der Waals surface area (Å²) in [6.07, 6.45) is 5.37. The van der Waals surface area contributed by atoms with E-state index in [0.717, 1.165) is 5.92 Å². The first-order valence-electron chi connectivity index (χ1n) is 4.49. The van der Waals surface area contributed by atoms with E-state index in [1.807, 2.05) is 0 Å². The van der Waals surface area contributed by atoms with Crippen molar-refractivity contribution in [2.75, 3.05) is 0 Å². The Kier molecular flexibility index (Phi) is 19.9. The molecule has 0 saturated heterocycles. The molecule has 0 rings (SSSR count). The van der Waals surface area contributed by atoms with Gasteiger partial charge in [0.1, 0.15) is 0 Å². The van der Waals surface area contributed by atoms with Gasteiger partial charge in [-0.1, -0.05) is 46.5 Å². The van der Waals surface area contributed by atoms with E-state index in [1.165, 1.54) is 25.7 Å². The van der Waals surface area contributed by atoms with Gasteiger partial charge in [-0.05, 0) is 5.92 Å². The fourth-order valence-electron chi connectivity index (χ4n) is 1.02. The second-order valence-corrected chi connectivity index (χ2v) is 3.55. The first kappa shape index (κ1) is 19.1.